The standard InChI is InChI=1S/C12H10O4Se/c1-2-16-12(15)10-5-8-7(6-13)3-4-9(14)11(8)17-10/h3-6,14H,2H2,1H3. The zero-order chi connectivity index (χ0) is 12.4. The SMILES string of the molecule is CCOC(=O)c1cc2c(C=O)ccc(O)c2[se]1. The van der Waals surface area contributed by atoms with Crippen LogP contribution in [0.5, 0.6) is 5.75 Å². The second kappa shape index (κ2) is 4.73. The summed E-state index contributed by atoms with van der Waals surface area (Å²) in [5.74, 6) is -0.249. The van der Waals surface area contributed by atoms with Gasteiger partial charge in [0.1, 0.15) is 0 Å². The zero-order valence-corrected chi connectivity index (χ0v) is 10.8. The molecule has 5 heteroatoms. The van der Waals surface area contributed by atoms with Gasteiger partial charge in [0.15, 0.2) is 0 Å². The summed E-state index contributed by atoms with van der Waals surface area (Å²) < 4.78 is 6.11. The Hall–Kier alpha value is -1.58. The normalized spacial score (nSPS) is 10.4. The van der Waals surface area contributed by atoms with Crippen LogP contribution < -0.4 is 0 Å². The van der Waals surface area contributed by atoms with E-state index in [0.717, 1.165) is 6.29 Å². The molecule has 0 saturated heterocycles. The average Bonchev–Trinajstić information content (AvgIpc) is 2.76. The van der Waals surface area contributed by atoms with Gasteiger partial charge in [-0.2, -0.15) is 0 Å². The quantitative estimate of drug-likeness (QED) is 0.531. The molecule has 1 heterocycles. The van der Waals surface area contributed by atoms with Crippen LogP contribution in [-0.4, -0.2) is 38.5 Å². The fraction of sp³-hybridized carbons (Fsp3) is 0.167. The first-order valence-corrected chi connectivity index (χ1v) is 6.76. The number of ether oxygens (including phenoxy) is 1. The molecule has 2 aromatic rings. The van der Waals surface area contributed by atoms with E-state index in [4.69, 9.17) is 4.74 Å². The van der Waals surface area contributed by atoms with Crippen LogP contribution in [0.2, 0.25) is 0 Å². The van der Waals surface area contributed by atoms with E-state index in [9.17, 15) is 14.7 Å². The van der Waals surface area contributed by atoms with Crippen LogP contribution in [0.15, 0.2) is 18.2 Å². The van der Waals surface area contributed by atoms with E-state index in [1.54, 1.807) is 19.1 Å². The van der Waals surface area contributed by atoms with Gasteiger partial charge in [0.25, 0.3) is 0 Å². The van der Waals surface area contributed by atoms with Gasteiger partial charge < -0.3 is 0 Å². The van der Waals surface area contributed by atoms with Gasteiger partial charge in [0.2, 0.25) is 0 Å². The molecule has 1 aromatic carbocycles. The van der Waals surface area contributed by atoms with Gasteiger partial charge in [-0.05, 0) is 0 Å². The predicted octanol–water partition coefficient (Wildman–Crippen LogP) is 1.59. The third-order valence-corrected chi connectivity index (χ3v) is 4.69. The summed E-state index contributed by atoms with van der Waals surface area (Å²) in [7, 11) is 0. The Balaban J connectivity index is 2.59. The molecule has 0 fully saturated rings. The van der Waals surface area contributed by atoms with Crippen LogP contribution in [0.3, 0.4) is 0 Å². The summed E-state index contributed by atoms with van der Waals surface area (Å²) >= 11 is -0.301. The molecule has 0 aliphatic heterocycles. The van der Waals surface area contributed by atoms with E-state index in [2.05, 4.69) is 0 Å². The number of phenols is 1. The van der Waals surface area contributed by atoms with E-state index < -0.39 is 0 Å². The van der Waals surface area contributed by atoms with Crippen LogP contribution >= 0.6 is 0 Å². The van der Waals surface area contributed by atoms with Crippen molar-refractivity contribution in [2.45, 2.75) is 6.92 Å². The molecule has 17 heavy (non-hydrogen) atoms. The molecule has 0 atom stereocenters. The molecule has 0 unspecified atom stereocenters. The number of esters is 1. The number of aromatic hydroxyl groups is 1. The minimum absolute atomic E-state index is 0.126. The van der Waals surface area contributed by atoms with Crippen LogP contribution in [0.4, 0.5) is 0 Å². The van der Waals surface area contributed by atoms with Gasteiger partial charge in [-0.25, -0.2) is 0 Å². The Morgan fingerprint density at radius 2 is 2.29 bits per heavy atom. The molecule has 0 spiro atoms. The van der Waals surface area contributed by atoms with Crippen molar-refractivity contribution in [1.82, 2.24) is 0 Å². The number of carbonyl (C=O) groups is 2. The van der Waals surface area contributed by atoms with E-state index in [1.165, 1.54) is 6.07 Å². The minimum atomic E-state index is -0.375. The Morgan fingerprint density at radius 3 is 2.94 bits per heavy atom. The van der Waals surface area contributed by atoms with Crippen LogP contribution in [0, 0.1) is 0 Å². The second-order valence-corrected chi connectivity index (χ2v) is 5.57. The Labute approximate surface area is 104 Å². The van der Waals surface area contributed by atoms with Crippen molar-refractivity contribution >= 4 is 36.4 Å². The van der Waals surface area contributed by atoms with Gasteiger partial charge in [0.05, 0.1) is 0 Å². The first kappa shape index (κ1) is 11.9. The molecule has 0 bridgehead atoms. The molecule has 0 aliphatic rings. The Kier molecular flexibility index (Phi) is 3.31. The fourth-order valence-electron chi connectivity index (χ4n) is 1.54. The third-order valence-electron chi connectivity index (χ3n) is 2.30. The molecular weight excluding hydrogens is 287 g/mol. The van der Waals surface area contributed by atoms with Crippen LogP contribution in [0.25, 0.3) is 9.65 Å². The van der Waals surface area contributed by atoms with Crippen molar-refractivity contribution in [3.05, 3.63) is 28.2 Å². The number of aldehydes is 1. The van der Waals surface area contributed by atoms with Gasteiger partial charge in [-0.1, -0.05) is 0 Å². The summed E-state index contributed by atoms with van der Waals surface area (Å²) in [5, 5.41) is 10.3. The van der Waals surface area contributed by atoms with Crippen molar-refractivity contribution in [2.24, 2.45) is 0 Å². The molecule has 0 aliphatic carbocycles. The van der Waals surface area contributed by atoms with Crippen molar-refractivity contribution < 1.29 is 19.4 Å². The van der Waals surface area contributed by atoms with Gasteiger partial charge in [-0.15, -0.1) is 0 Å². The van der Waals surface area contributed by atoms with Crippen LogP contribution in [-0.2, 0) is 4.74 Å². The number of hydrogen-bond acceptors (Lipinski definition) is 4. The van der Waals surface area contributed by atoms with E-state index in [-0.39, 0.29) is 26.2 Å². The molecule has 0 amide bonds. The second-order valence-electron chi connectivity index (χ2n) is 3.37. The van der Waals surface area contributed by atoms with Crippen LogP contribution in [0.1, 0.15) is 26.5 Å². The number of rotatable bonds is 3. The summed E-state index contributed by atoms with van der Waals surface area (Å²) in [6.07, 6.45) is 0.721. The molecule has 2 rings (SSSR count). The molecule has 0 radical (unpaired) electrons. The number of fused-ring (bicyclic) bond motifs is 1. The first-order chi connectivity index (χ1) is 8.17. The Morgan fingerprint density at radius 1 is 1.53 bits per heavy atom. The van der Waals surface area contributed by atoms with Crippen molar-refractivity contribution in [3.8, 4) is 5.75 Å². The number of phenolic OH excluding ortho intramolecular Hbond substituents is 1. The molecule has 4 nitrogen and oxygen atoms in total. The maximum atomic E-state index is 11.6. The van der Waals surface area contributed by atoms with E-state index >= 15 is 0 Å². The zero-order valence-electron chi connectivity index (χ0n) is 9.10. The van der Waals surface area contributed by atoms with Gasteiger partial charge in [0, 0.05) is 0 Å². The van der Waals surface area contributed by atoms with Crippen molar-refractivity contribution in [3.63, 3.8) is 0 Å². The molecule has 1 N–H and O–H groups in total. The van der Waals surface area contributed by atoms with Crippen molar-refractivity contribution in [2.75, 3.05) is 6.61 Å². The molecular formula is C12H10O4Se. The monoisotopic (exact) mass is 298 g/mol. The summed E-state index contributed by atoms with van der Waals surface area (Å²) in [4.78, 5) is 22.4. The summed E-state index contributed by atoms with van der Waals surface area (Å²) in [6, 6.07) is 4.66. The topological polar surface area (TPSA) is 63.6 Å². The fourth-order valence-corrected chi connectivity index (χ4v) is 3.63. The summed E-state index contributed by atoms with van der Waals surface area (Å²) in [6.45, 7) is 2.05. The number of hydrogen-bond donors (Lipinski definition) is 1. The predicted molar refractivity (Wildman–Crippen MR) is 63.9 cm³/mol. The van der Waals surface area contributed by atoms with E-state index in [0.29, 0.717) is 26.3 Å². The third kappa shape index (κ3) is 2.12. The first-order valence-electron chi connectivity index (χ1n) is 5.05. The van der Waals surface area contributed by atoms with E-state index in [1.807, 2.05) is 0 Å². The Bertz CT molecular complexity index is 585. The van der Waals surface area contributed by atoms with Crippen molar-refractivity contribution in [1.29, 1.82) is 0 Å². The molecule has 88 valence electrons. The van der Waals surface area contributed by atoms with Gasteiger partial charge in [-0.3, -0.25) is 0 Å². The molecule has 1 aromatic heterocycles. The van der Waals surface area contributed by atoms with Gasteiger partial charge >= 0.3 is 103 Å². The number of carbonyl (C=O) groups excluding carboxylic acids is 2. The summed E-state index contributed by atoms with van der Waals surface area (Å²) in [5.41, 5.74) is 0.485. The molecule has 0 saturated carbocycles. The maximum absolute atomic E-state index is 11.6. The average molecular weight is 297 g/mol. The number of benzene rings is 1.